The van der Waals surface area contributed by atoms with Crippen LogP contribution in [-0.4, -0.2) is 5.54 Å². The topological polar surface area (TPSA) is 26.0 Å². The van der Waals surface area contributed by atoms with Crippen molar-refractivity contribution in [2.75, 3.05) is 0 Å². The molecule has 3 aliphatic carbocycles. The van der Waals surface area contributed by atoms with Gasteiger partial charge in [-0.3, -0.25) is 0 Å². The number of hydrogen-bond acceptors (Lipinski definition) is 1. The molecule has 5 atom stereocenters. The first-order valence-corrected chi connectivity index (χ1v) is 5.47. The summed E-state index contributed by atoms with van der Waals surface area (Å²) in [4.78, 5) is 0. The fourth-order valence-corrected chi connectivity index (χ4v) is 4.49. The zero-order chi connectivity index (χ0) is 8.34. The Hall–Kier alpha value is -0.0400. The van der Waals surface area contributed by atoms with E-state index in [0.29, 0.717) is 0 Å². The van der Waals surface area contributed by atoms with Gasteiger partial charge in [0.1, 0.15) is 0 Å². The maximum atomic E-state index is 6.32. The molecule has 0 aromatic heterocycles. The van der Waals surface area contributed by atoms with Gasteiger partial charge in [0, 0.05) is 5.54 Å². The second-order valence-corrected chi connectivity index (χ2v) is 5.57. The summed E-state index contributed by atoms with van der Waals surface area (Å²) in [6.07, 6.45) is 7.26. The van der Waals surface area contributed by atoms with E-state index in [2.05, 4.69) is 6.92 Å². The maximum absolute atomic E-state index is 6.32. The summed E-state index contributed by atoms with van der Waals surface area (Å²) < 4.78 is 0. The van der Waals surface area contributed by atoms with Gasteiger partial charge in [-0.25, -0.2) is 0 Å². The largest absolute Gasteiger partial charge is 0.325 e. The number of nitrogens with two attached hydrogens (primary N) is 1. The maximum Gasteiger partial charge on any atom is 0.0159 e. The van der Waals surface area contributed by atoms with Crippen LogP contribution in [0.5, 0.6) is 0 Å². The highest BCUT2D eigenvalue weighted by molar-refractivity contribution is 5.10. The van der Waals surface area contributed by atoms with Gasteiger partial charge in [-0.05, 0) is 56.3 Å². The second kappa shape index (κ2) is 2.06. The highest BCUT2D eigenvalue weighted by Gasteiger charge is 2.57. The first-order chi connectivity index (χ1) is 5.68. The summed E-state index contributed by atoms with van der Waals surface area (Å²) >= 11 is 0. The molecule has 0 aromatic carbocycles. The van der Waals surface area contributed by atoms with E-state index in [9.17, 15) is 0 Å². The quantitative estimate of drug-likeness (QED) is 0.585. The second-order valence-electron chi connectivity index (χ2n) is 5.57. The van der Waals surface area contributed by atoms with Crippen LogP contribution in [0.2, 0.25) is 0 Å². The normalized spacial score (nSPS) is 62.5. The Kier molecular flexibility index (Phi) is 1.27. The molecule has 0 amide bonds. The number of rotatable bonds is 0. The van der Waals surface area contributed by atoms with E-state index in [0.717, 1.165) is 23.7 Å². The lowest BCUT2D eigenvalue weighted by atomic mass is 9.72. The Bertz CT molecular complexity index is 209. The van der Waals surface area contributed by atoms with Crippen molar-refractivity contribution in [3.8, 4) is 0 Å². The van der Waals surface area contributed by atoms with E-state index in [-0.39, 0.29) is 5.54 Å². The standard InChI is InChI=1S/C11H19N/c1-11(12)6-7-5-10(11)9-4-2-3-8(7)9/h7-10H,2-6,12H2,1H3. The van der Waals surface area contributed by atoms with Gasteiger partial charge in [-0.15, -0.1) is 0 Å². The predicted octanol–water partition coefficient (Wildman–Crippen LogP) is 2.16. The molecule has 3 saturated carbocycles. The third kappa shape index (κ3) is 0.736. The Labute approximate surface area is 74.7 Å². The van der Waals surface area contributed by atoms with Crippen molar-refractivity contribution in [3.63, 3.8) is 0 Å². The van der Waals surface area contributed by atoms with Crippen LogP contribution in [0, 0.1) is 23.7 Å². The first-order valence-electron chi connectivity index (χ1n) is 5.47. The molecule has 12 heavy (non-hydrogen) atoms. The molecule has 0 spiro atoms. The van der Waals surface area contributed by atoms with Crippen LogP contribution in [0.15, 0.2) is 0 Å². The molecule has 0 aliphatic heterocycles. The van der Waals surface area contributed by atoms with Crippen LogP contribution in [0.4, 0.5) is 0 Å². The molecular formula is C11H19N. The molecule has 2 bridgehead atoms. The molecule has 3 fully saturated rings. The molecule has 68 valence electrons. The Balaban J connectivity index is 1.93. The fourth-order valence-electron chi connectivity index (χ4n) is 4.49. The summed E-state index contributed by atoms with van der Waals surface area (Å²) in [5.74, 6) is 4.01. The molecule has 1 heteroatoms. The third-order valence-electron chi connectivity index (χ3n) is 4.85. The van der Waals surface area contributed by atoms with Crippen LogP contribution in [-0.2, 0) is 0 Å². The minimum atomic E-state index is 0.205. The van der Waals surface area contributed by atoms with Crippen LogP contribution < -0.4 is 5.73 Å². The SMILES string of the molecule is CC1(N)CC2CC1C1CCCC21. The van der Waals surface area contributed by atoms with Crippen LogP contribution in [0.3, 0.4) is 0 Å². The van der Waals surface area contributed by atoms with E-state index < -0.39 is 0 Å². The van der Waals surface area contributed by atoms with E-state index in [4.69, 9.17) is 5.73 Å². The Morgan fingerprint density at radius 3 is 2.83 bits per heavy atom. The molecule has 1 nitrogen and oxygen atoms in total. The van der Waals surface area contributed by atoms with E-state index >= 15 is 0 Å². The smallest absolute Gasteiger partial charge is 0.0159 e. The molecule has 3 aliphatic rings. The van der Waals surface area contributed by atoms with Gasteiger partial charge < -0.3 is 5.73 Å². The minimum Gasteiger partial charge on any atom is -0.325 e. The monoisotopic (exact) mass is 165 g/mol. The first kappa shape index (κ1) is 7.37. The molecule has 3 rings (SSSR count). The molecule has 2 N–H and O–H groups in total. The fraction of sp³-hybridized carbons (Fsp3) is 1.00. The van der Waals surface area contributed by atoms with Crippen LogP contribution in [0.25, 0.3) is 0 Å². The Morgan fingerprint density at radius 2 is 2.00 bits per heavy atom. The lowest BCUT2D eigenvalue weighted by Gasteiger charge is -2.37. The van der Waals surface area contributed by atoms with Crippen molar-refractivity contribution in [2.24, 2.45) is 29.4 Å². The molecule has 5 unspecified atom stereocenters. The summed E-state index contributed by atoms with van der Waals surface area (Å²) in [6, 6.07) is 0. The van der Waals surface area contributed by atoms with Gasteiger partial charge in [-0.2, -0.15) is 0 Å². The lowest BCUT2D eigenvalue weighted by molar-refractivity contribution is 0.171. The van der Waals surface area contributed by atoms with E-state index in [1.165, 1.54) is 32.1 Å². The highest BCUT2D eigenvalue weighted by atomic mass is 14.8. The molecular weight excluding hydrogens is 146 g/mol. The summed E-state index contributed by atoms with van der Waals surface area (Å²) in [6.45, 7) is 2.28. The van der Waals surface area contributed by atoms with Crippen LogP contribution in [0.1, 0.15) is 39.0 Å². The average Bonchev–Trinajstić information content (AvgIpc) is 2.53. The summed E-state index contributed by atoms with van der Waals surface area (Å²) in [5.41, 5.74) is 6.52. The van der Waals surface area contributed by atoms with Gasteiger partial charge in [0.15, 0.2) is 0 Å². The van der Waals surface area contributed by atoms with Gasteiger partial charge in [0.25, 0.3) is 0 Å². The zero-order valence-electron chi connectivity index (χ0n) is 7.92. The Morgan fingerprint density at radius 1 is 1.25 bits per heavy atom. The van der Waals surface area contributed by atoms with Gasteiger partial charge >= 0.3 is 0 Å². The van der Waals surface area contributed by atoms with Gasteiger partial charge in [0.05, 0.1) is 0 Å². The summed E-state index contributed by atoms with van der Waals surface area (Å²) in [7, 11) is 0. The zero-order valence-corrected chi connectivity index (χ0v) is 7.92. The van der Waals surface area contributed by atoms with Crippen molar-refractivity contribution >= 4 is 0 Å². The van der Waals surface area contributed by atoms with Crippen molar-refractivity contribution < 1.29 is 0 Å². The molecule has 0 heterocycles. The van der Waals surface area contributed by atoms with Crippen molar-refractivity contribution in [2.45, 2.75) is 44.6 Å². The van der Waals surface area contributed by atoms with Gasteiger partial charge in [0.2, 0.25) is 0 Å². The number of hydrogen-bond donors (Lipinski definition) is 1. The third-order valence-corrected chi connectivity index (χ3v) is 4.85. The van der Waals surface area contributed by atoms with Crippen molar-refractivity contribution in [3.05, 3.63) is 0 Å². The average molecular weight is 165 g/mol. The molecule has 0 aromatic rings. The van der Waals surface area contributed by atoms with Crippen molar-refractivity contribution in [1.82, 2.24) is 0 Å². The molecule has 0 radical (unpaired) electrons. The minimum absolute atomic E-state index is 0.205. The van der Waals surface area contributed by atoms with E-state index in [1.807, 2.05) is 0 Å². The lowest BCUT2D eigenvalue weighted by Crippen LogP contribution is -2.46. The summed E-state index contributed by atoms with van der Waals surface area (Å²) in [5, 5.41) is 0. The van der Waals surface area contributed by atoms with Gasteiger partial charge in [-0.1, -0.05) is 6.42 Å². The highest BCUT2D eigenvalue weighted by Crippen LogP contribution is 2.61. The molecule has 0 saturated heterocycles. The predicted molar refractivity (Wildman–Crippen MR) is 49.6 cm³/mol. The van der Waals surface area contributed by atoms with Crippen molar-refractivity contribution in [1.29, 1.82) is 0 Å². The van der Waals surface area contributed by atoms with Crippen LogP contribution >= 0.6 is 0 Å². The number of fused-ring (bicyclic) bond motifs is 5. The van der Waals surface area contributed by atoms with E-state index in [1.54, 1.807) is 0 Å².